The lowest BCUT2D eigenvalue weighted by Crippen LogP contribution is -2.18. The Bertz CT molecular complexity index is 916. The van der Waals surface area contributed by atoms with Crippen molar-refractivity contribution in [3.8, 4) is 0 Å². The van der Waals surface area contributed by atoms with Crippen molar-refractivity contribution in [2.24, 2.45) is 12.2 Å². The SMILES string of the molecule is Cn1c(C(=O)Nc2ccc(F)c(Cl)c2)c2c(c1C1CC1)C(=NO)CC2. The summed E-state index contributed by atoms with van der Waals surface area (Å²) in [4.78, 5) is 12.9. The Morgan fingerprint density at radius 1 is 1.40 bits per heavy atom. The normalized spacial score (nSPS) is 17.8. The van der Waals surface area contributed by atoms with Crippen LogP contribution in [-0.4, -0.2) is 21.4 Å². The first-order valence-corrected chi connectivity index (χ1v) is 8.58. The molecule has 0 radical (unpaired) electrons. The maximum Gasteiger partial charge on any atom is 0.272 e. The van der Waals surface area contributed by atoms with Gasteiger partial charge in [-0.15, -0.1) is 0 Å². The molecule has 1 heterocycles. The number of carbonyl (C=O) groups is 1. The molecule has 1 aromatic carbocycles. The zero-order chi connectivity index (χ0) is 17.7. The summed E-state index contributed by atoms with van der Waals surface area (Å²) in [6, 6.07) is 4.09. The lowest BCUT2D eigenvalue weighted by Gasteiger charge is -2.11. The Labute approximate surface area is 149 Å². The monoisotopic (exact) mass is 361 g/mol. The number of nitrogens with zero attached hydrogens (tertiary/aromatic N) is 2. The second-order valence-corrected chi connectivity index (χ2v) is 6.96. The van der Waals surface area contributed by atoms with Crippen molar-refractivity contribution < 1.29 is 14.4 Å². The lowest BCUT2D eigenvalue weighted by molar-refractivity contribution is 0.101. The van der Waals surface area contributed by atoms with Gasteiger partial charge in [-0.1, -0.05) is 16.8 Å². The van der Waals surface area contributed by atoms with Crippen molar-refractivity contribution in [1.82, 2.24) is 4.57 Å². The van der Waals surface area contributed by atoms with Gasteiger partial charge >= 0.3 is 0 Å². The van der Waals surface area contributed by atoms with Gasteiger partial charge < -0.3 is 15.1 Å². The van der Waals surface area contributed by atoms with Gasteiger partial charge in [-0.2, -0.15) is 0 Å². The number of hydrogen-bond acceptors (Lipinski definition) is 3. The van der Waals surface area contributed by atoms with Crippen LogP contribution in [0.5, 0.6) is 0 Å². The molecule has 0 spiro atoms. The van der Waals surface area contributed by atoms with E-state index in [1.165, 1.54) is 18.2 Å². The van der Waals surface area contributed by atoms with E-state index in [4.69, 9.17) is 11.6 Å². The summed E-state index contributed by atoms with van der Waals surface area (Å²) in [6.45, 7) is 0. The zero-order valence-corrected chi connectivity index (χ0v) is 14.4. The van der Waals surface area contributed by atoms with Gasteiger partial charge in [-0.05, 0) is 55.4 Å². The number of nitrogens with one attached hydrogen (secondary N) is 1. The fraction of sp³-hybridized carbons (Fsp3) is 0.333. The van der Waals surface area contributed by atoms with Crippen molar-refractivity contribution in [3.05, 3.63) is 51.6 Å². The Kier molecular flexibility index (Phi) is 3.80. The molecule has 0 atom stereocenters. The molecule has 25 heavy (non-hydrogen) atoms. The molecule has 0 unspecified atom stereocenters. The first-order chi connectivity index (χ1) is 12.0. The van der Waals surface area contributed by atoms with E-state index in [1.54, 1.807) is 0 Å². The summed E-state index contributed by atoms with van der Waals surface area (Å²) in [7, 11) is 1.87. The molecule has 0 saturated heterocycles. The number of aromatic nitrogens is 1. The quantitative estimate of drug-likeness (QED) is 0.639. The van der Waals surface area contributed by atoms with Crippen molar-refractivity contribution in [1.29, 1.82) is 0 Å². The maximum atomic E-state index is 13.3. The van der Waals surface area contributed by atoms with Crippen molar-refractivity contribution in [2.45, 2.75) is 31.6 Å². The fourth-order valence-electron chi connectivity index (χ4n) is 3.69. The molecule has 1 fully saturated rings. The van der Waals surface area contributed by atoms with E-state index in [-0.39, 0.29) is 10.9 Å². The third-order valence-corrected chi connectivity index (χ3v) is 5.21. The second-order valence-electron chi connectivity index (χ2n) is 6.55. The fourth-order valence-corrected chi connectivity index (χ4v) is 3.87. The summed E-state index contributed by atoms with van der Waals surface area (Å²) in [6.07, 6.45) is 3.46. The number of amides is 1. The Balaban J connectivity index is 1.74. The number of hydrogen-bond donors (Lipinski definition) is 2. The number of rotatable bonds is 3. The van der Waals surface area contributed by atoms with Gasteiger partial charge in [0.05, 0.1) is 10.7 Å². The van der Waals surface area contributed by atoms with Gasteiger partial charge in [0, 0.05) is 24.0 Å². The molecule has 2 aromatic rings. The highest BCUT2D eigenvalue weighted by molar-refractivity contribution is 6.31. The van der Waals surface area contributed by atoms with Gasteiger partial charge in [0.15, 0.2) is 0 Å². The van der Waals surface area contributed by atoms with Crippen LogP contribution >= 0.6 is 11.6 Å². The molecule has 4 rings (SSSR count). The van der Waals surface area contributed by atoms with Crippen molar-refractivity contribution in [3.63, 3.8) is 0 Å². The molecule has 7 heteroatoms. The molecule has 1 aromatic heterocycles. The first kappa shape index (κ1) is 16.1. The number of oxime groups is 1. The molecule has 0 bridgehead atoms. The highest BCUT2D eigenvalue weighted by Gasteiger charge is 2.38. The number of benzene rings is 1. The van der Waals surface area contributed by atoms with Crippen LogP contribution in [0.1, 0.15) is 52.5 Å². The first-order valence-electron chi connectivity index (χ1n) is 8.20. The zero-order valence-electron chi connectivity index (χ0n) is 13.6. The number of anilines is 1. The van der Waals surface area contributed by atoms with Crippen LogP contribution in [0.2, 0.25) is 5.02 Å². The van der Waals surface area contributed by atoms with Crippen LogP contribution < -0.4 is 5.32 Å². The van der Waals surface area contributed by atoms with Crippen LogP contribution in [-0.2, 0) is 13.5 Å². The van der Waals surface area contributed by atoms with E-state index in [9.17, 15) is 14.4 Å². The van der Waals surface area contributed by atoms with Crippen LogP contribution in [0.3, 0.4) is 0 Å². The molecule has 1 amide bonds. The van der Waals surface area contributed by atoms with Gasteiger partial charge in [0.1, 0.15) is 11.5 Å². The van der Waals surface area contributed by atoms with Crippen LogP contribution in [0.4, 0.5) is 10.1 Å². The average molecular weight is 362 g/mol. The summed E-state index contributed by atoms with van der Waals surface area (Å²) in [5.41, 5.74) is 4.57. The van der Waals surface area contributed by atoms with Crippen molar-refractivity contribution in [2.75, 3.05) is 5.32 Å². The Morgan fingerprint density at radius 3 is 2.80 bits per heavy atom. The van der Waals surface area contributed by atoms with Gasteiger partial charge in [-0.25, -0.2) is 4.39 Å². The van der Waals surface area contributed by atoms with Crippen LogP contribution in [0.15, 0.2) is 23.4 Å². The molecule has 1 saturated carbocycles. The summed E-state index contributed by atoms with van der Waals surface area (Å²) < 4.78 is 15.2. The van der Waals surface area contributed by atoms with Crippen LogP contribution in [0, 0.1) is 5.82 Å². The number of fused-ring (bicyclic) bond motifs is 1. The third-order valence-electron chi connectivity index (χ3n) is 4.92. The molecule has 2 N–H and O–H groups in total. The molecular weight excluding hydrogens is 345 g/mol. The molecule has 0 aliphatic heterocycles. The maximum absolute atomic E-state index is 13.3. The van der Waals surface area contributed by atoms with Crippen molar-refractivity contribution >= 4 is 28.9 Å². The topological polar surface area (TPSA) is 66.6 Å². The van der Waals surface area contributed by atoms with E-state index in [1.807, 2.05) is 11.6 Å². The minimum atomic E-state index is -0.528. The third kappa shape index (κ3) is 2.61. The predicted molar refractivity (Wildman–Crippen MR) is 93.4 cm³/mol. The number of halogens is 2. The average Bonchev–Trinajstić information content (AvgIpc) is 3.26. The highest BCUT2D eigenvalue weighted by atomic mass is 35.5. The van der Waals surface area contributed by atoms with E-state index >= 15 is 0 Å². The standard InChI is InChI=1S/C18H17ClFN3O2/c1-23-16(9-2-3-9)15-11(5-7-14(15)22-25)17(23)18(24)21-10-4-6-13(20)12(19)8-10/h4,6,8-9,25H,2-3,5,7H2,1H3,(H,21,24). The molecule has 5 nitrogen and oxygen atoms in total. The van der Waals surface area contributed by atoms with Gasteiger partial charge in [0.2, 0.25) is 0 Å². The molecule has 130 valence electrons. The summed E-state index contributed by atoms with van der Waals surface area (Å²) >= 11 is 5.79. The number of carbonyl (C=O) groups excluding carboxylic acids is 1. The van der Waals surface area contributed by atoms with E-state index in [0.29, 0.717) is 35.9 Å². The van der Waals surface area contributed by atoms with Gasteiger partial charge in [-0.3, -0.25) is 4.79 Å². The predicted octanol–water partition coefficient (Wildman–Crippen LogP) is 4.07. The van der Waals surface area contributed by atoms with Gasteiger partial charge in [0.25, 0.3) is 5.91 Å². The van der Waals surface area contributed by atoms with E-state index in [2.05, 4.69) is 10.5 Å². The Hall–Kier alpha value is -2.34. The summed E-state index contributed by atoms with van der Waals surface area (Å²) in [5.74, 6) is -0.387. The van der Waals surface area contributed by atoms with E-state index in [0.717, 1.165) is 29.7 Å². The van der Waals surface area contributed by atoms with E-state index < -0.39 is 5.82 Å². The lowest BCUT2D eigenvalue weighted by atomic mass is 10.1. The Morgan fingerprint density at radius 2 is 2.16 bits per heavy atom. The largest absolute Gasteiger partial charge is 0.411 e. The molecular formula is C18H17ClFN3O2. The highest BCUT2D eigenvalue weighted by Crippen LogP contribution is 2.46. The smallest absolute Gasteiger partial charge is 0.272 e. The minimum absolute atomic E-state index is 0.0386. The minimum Gasteiger partial charge on any atom is -0.411 e. The molecule has 2 aliphatic rings. The molecule has 2 aliphatic carbocycles. The summed E-state index contributed by atoms with van der Waals surface area (Å²) in [5, 5.41) is 15.5. The second kappa shape index (κ2) is 5.88. The van der Waals surface area contributed by atoms with Crippen LogP contribution in [0.25, 0.3) is 0 Å².